The molecule has 1 aromatic carbocycles. The molecule has 6 heterocycles. The van der Waals surface area contributed by atoms with Crippen molar-refractivity contribution in [1.29, 1.82) is 0 Å². The Morgan fingerprint density at radius 3 is 2.87 bits per heavy atom. The number of carbonyl (C=O) groups is 1. The Morgan fingerprint density at radius 2 is 2.03 bits per heavy atom. The second-order valence-corrected chi connectivity index (χ2v) is 10.9. The molecule has 1 saturated heterocycles. The average molecular weight is 509 g/mol. The minimum Gasteiger partial charge on any atom is -0.481 e. The molecule has 4 aliphatic rings. The first kappa shape index (κ1) is 21.5. The number of ether oxygens (including phenoxy) is 2. The van der Waals surface area contributed by atoms with Gasteiger partial charge in [0.2, 0.25) is 17.7 Å². The van der Waals surface area contributed by atoms with Crippen molar-refractivity contribution in [1.82, 2.24) is 29.7 Å². The number of anilines is 3. The fourth-order valence-electron chi connectivity index (χ4n) is 6.04. The van der Waals surface area contributed by atoms with E-state index in [0.717, 1.165) is 46.8 Å². The van der Waals surface area contributed by atoms with Gasteiger partial charge in [0.15, 0.2) is 5.82 Å². The maximum absolute atomic E-state index is 12.7. The standard InChI is InChI=1S/C27H24N8O3/c1-26(2)22-17(16-5-4-14(8-19(16)38-26)23-33-30-13-34(23)3)12-29-25(32-22)31-15-9-18-24(28-11-15)37-20-10-27(20)7-6-21(36)35(18)27/h4-5,8-9,11-13,20H,6-7,10H2,1-3H3,(H,29,31,32)/t20-,27?/m1/s1. The third-order valence-electron chi connectivity index (χ3n) is 7.99. The maximum Gasteiger partial charge on any atom is 0.238 e. The van der Waals surface area contributed by atoms with Crippen LogP contribution in [0, 0.1) is 0 Å². The van der Waals surface area contributed by atoms with E-state index < -0.39 is 5.60 Å². The number of fused-ring (bicyclic) bond motifs is 5. The van der Waals surface area contributed by atoms with Crippen LogP contribution in [0.4, 0.5) is 17.3 Å². The van der Waals surface area contributed by atoms with Crippen LogP contribution < -0.4 is 19.7 Å². The van der Waals surface area contributed by atoms with E-state index in [1.807, 2.05) is 60.8 Å². The molecule has 1 saturated carbocycles. The van der Waals surface area contributed by atoms with Gasteiger partial charge in [-0.25, -0.2) is 15.0 Å². The second-order valence-electron chi connectivity index (χ2n) is 10.9. The minimum atomic E-state index is -0.697. The number of amides is 1. The molecule has 1 aliphatic carbocycles. The van der Waals surface area contributed by atoms with E-state index in [9.17, 15) is 4.79 Å². The smallest absolute Gasteiger partial charge is 0.238 e. The summed E-state index contributed by atoms with van der Waals surface area (Å²) in [5.41, 5.74) is 4.03. The van der Waals surface area contributed by atoms with E-state index in [1.54, 1.807) is 12.5 Å². The molecule has 4 aromatic rings. The largest absolute Gasteiger partial charge is 0.481 e. The van der Waals surface area contributed by atoms with Crippen LogP contribution in [0.1, 0.15) is 38.8 Å². The number of aromatic nitrogens is 6. The number of hydrogen-bond acceptors (Lipinski definition) is 9. The van der Waals surface area contributed by atoms with E-state index in [2.05, 4.69) is 25.5 Å². The third-order valence-corrected chi connectivity index (χ3v) is 7.99. The van der Waals surface area contributed by atoms with E-state index in [4.69, 9.17) is 14.5 Å². The molecule has 11 nitrogen and oxygen atoms in total. The lowest BCUT2D eigenvalue weighted by atomic mass is 9.91. The first-order valence-electron chi connectivity index (χ1n) is 12.6. The summed E-state index contributed by atoms with van der Waals surface area (Å²) in [6, 6.07) is 7.88. The third kappa shape index (κ3) is 2.89. The average Bonchev–Trinajstić information content (AvgIpc) is 3.25. The number of aryl methyl sites for hydroxylation is 1. The number of pyridine rings is 1. The van der Waals surface area contributed by atoms with Crippen molar-refractivity contribution in [2.75, 3.05) is 10.2 Å². The van der Waals surface area contributed by atoms with Crippen molar-refractivity contribution >= 4 is 23.2 Å². The van der Waals surface area contributed by atoms with Gasteiger partial charge in [-0.15, -0.1) is 10.2 Å². The first-order valence-corrected chi connectivity index (χ1v) is 12.6. The van der Waals surface area contributed by atoms with Crippen LogP contribution in [0.15, 0.2) is 43.0 Å². The second kappa shape index (κ2) is 7.06. The van der Waals surface area contributed by atoms with E-state index in [-0.39, 0.29) is 17.6 Å². The highest BCUT2D eigenvalue weighted by Crippen LogP contribution is 2.59. The van der Waals surface area contributed by atoms with Gasteiger partial charge in [0.05, 0.1) is 23.1 Å². The van der Waals surface area contributed by atoms with Gasteiger partial charge >= 0.3 is 0 Å². The van der Waals surface area contributed by atoms with Crippen molar-refractivity contribution in [3.63, 3.8) is 0 Å². The Kier molecular flexibility index (Phi) is 4.00. The summed E-state index contributed by atoms with van der Waals surface area (Å²) in [7, 11) is 1.91. The van der Waals surface area contributed by atoms with Crippen molar-refractivity contribution in [2.45, 2.75) is 50.4 Å². The molecule has 1 amide bonds. The van der Waals surface area contributed by atoms with Gasteiger partial charge in [-0.05, 0) is 38.5 Å². The number of carbonyl (C=O) groups excluding carboxylic acids is 1. The summed E-state index contributed by atoms with van der Waals surface area (Å²) < 4.78 is 14.3. The molecule has 11 heteroatoms. The SMILES string of the molecule is Cn1cnnc1-c1ccc2c(c1)OC(C)(C)c1nc(Nc3cnc4c(c3)N3C(=O)CCC35C[C@H]5O4)ncc1-2. The highest BCUT2D eigenvalue weighted by atomic mass is 16.5. The van der Waals surface area contributed by atoms with Crippen LogP contribution in [-0.2, 0) is 17.4 Å². The molecule has 190 valence electrons. The van der Waals surface area contributed by atoms with Crippen LogP contribution in [0.25, 0.3) is 22.5 Å². The van der Waals surface area contributed by atoms with Gasteiger partial charge in [0, 0.05) is 42.8 Å². The number of nitrogens with zero attached hydrogens (tertiary/aromatic N) is 7. The zero-order valence-corrected chi connectivity index (χ0v) is 21.1. The zero-order valence-electron chi connectivity index (χ0n) is 21.1. The number of hydrogen-bond donors (Lipinski definition) is 1. The quantitative estimate of drug-likeness (QED) is 0.441. The van der Waals surface area contributed by atoms with Gasteiger partial charge in [0.1, 0.15) is 29.5 Å². The summed E-state index contributed by atoms with van der Waals surface area (Å²) in [6.07, 6.45) is 7.47. The van der Waals surface area contributed by atoms with Crippen molar-refractivity contribution in [2.24, 2.45) is 7.05 Å². The fourth-order valence-corrected chi connectivity index (χ4v) is 6.04. The lowest BCUT2D eigenvalue weighted by Gasteiger charge is -2.34. The molecular weight excluding hydrogens is 484 g/mol. The first-order chi connectivity index (χ1) is 18.3. The number of benzene rings is 1. The Morgan fingerprint density at radius 1 is 1.13 bits per heavy atom. The van der Waals surface area contributed by atoms with Crippen molar-refractivity contribution < 1.29 is 14.3 Å². The van der Waals surface area contributed by atoms with E-state index in [1.165, 1.54) is 0 Å². The zero-order chi connectivity index (χ0) is 25.8. The van der Waals surface area contributed by atoms with Gasteiger partial charge in [-0.3, -0.25) is 9.69 Å². The summed E-state index contributed by atoms with van der Waals surface area (Å²) in [6.45, 7) is 3.98. The maximum atomic E-state index is 12.7. The molecule has 1 N–H and O–H groups in total. The molecule has 38 heavy (non-hydrogen) atoms. The summed E-state index contributed by atoms with van der Waals surface area (Å²) in [5, 5.41) is 11.5. The van der Waals surface area contributed by atoms with E-state index >= 15 is 0 Å². The van der Waals surface area contributed by atoms with Crippen molar-refractivity contribution in [3.8, 4) is 34.1 Å². The molecule has 3 aromatic heterocycles. The summed E-state index contributed by atoms with van der Waals surface area (Å²) in [4.78, 5) is 28.5. The normalized spacial score (nSPS) is 23.3. The van der Waals surface area contributed by atoms with Crippen LogP contribution in [0.2, 0.25) is 0 Å². The Labute approximate surface area is 217 Å². The predicted molar refractivity (Wildman–Crippen MR) is 137 cm³/mol. The van der Waals surface area contributed by atoms with Crippen molar-refractivity contribution in [3.05, 3.63) is 48.7 Å². The van der Waals surface area contributed by atoms with Gasteiger partial charge < -0.3 is 19.4 Å². The molecule has 2 fully saturated rings. The molecule has 8 rings (SSSR count). The van der Waals surface area contributed by atoms with Gasteiger partial charge in [0.25, 0.3) is 0 Å². The highest BCUT2D eigenvalue weighted by molar-refractivity contribution is 6.01. The lowest BCUT2D eigenvalue weighted by Crippen LogP contribution is -2.42. The van der Waals surface area contributed by atoms with Crippen LogP contribution in [-0.4, -0.2) is 47.3 Å². The molecule has 3 aliphatic heterocycles. The highest BCUT2D eigenvalue weighted by Gasteiger charge is 2.68. The van der Waals surface area contributed by atoms with Crippen LogP contribution in [0.3, 0.4) is 0 Å². The predicted octanol–water partition coefficient (Wildman–Crippen LogP) is 3.74. The molecule has 0 bridgehead atoms. The van der Waals surface area contributed by atoms with Crippen LogP contribution >= 0.6 is 0 Å². The fraction of sp³-hybridized carbons (Fsp3) is 0.333. The molecule has 2 atom stereocenters. The Bertz CT molecular complexity index is 1680. The molecule has 0 radical (unpaired) electrons. The molecule has 1 unspecified atom stereocenters. The number of nitrogens with one attached hydrogen (secondary N) is 1. The topological polar surface area (TPSA) is 120 Å². The summed E-state index contributed by atoms with van der Waals surface area (Å²) >= 11 is 0. The Balaban J connectivity index is 1.14. The number of rotatable bonds is 3. The van der Waals surface area contributed by atoms with Gasteiger partial charge in [-0.2, -0.15) is 0 Å². The Hall–Kier alpha value is -4.54. The van der Waals surface area contributed by atoms with E-state index in [0.29, 0.717) is 29.6 Å². The lowest BCUT2D eigenvalue weighted by molar-refractivity contribution is -0.117. The monoisotopic (exact) mass is 508 g/mol. The van der Waals surface area contributed by atoms with Crippen LogP contribution in [0.5, 0.6) is 11.6 Å². The molecule has 1 spiro atoms. The minimum absolute atomic E-state index is 0.0540. The summed E-state index contributed by atoms with van der Waals surface area (Å²) in [5.74, 6) is 2.56. The van der Waals surface area contributed by atoms with Gasteiger partial charge in [-0.1, -0.05) is 6.07 Å². The molecular formula is C27H24N8O3.